The van der Waals surface area contributed by atoms with Crippen molar-refractivity contribution in [2.24, 2.45) is 9.98 Å². The van der Waals surface area contributed by atoms with E-state index >= 15 is 0 Å². The molecule has 1 heterocycles. The molecule has 0 spiro atoms. The Balaban J connectivity index is 2.59. The van der Waals surface area contributed by atoms with Crippen molar-refractivity contribution in [2.75, 3.05) is 7.05 Å². The highest BCUT2D eigenvalue weighted by Crippen LogP contribution is 2.13. The van der Waals surface area contributed by atoms with E-state index in [0.717, 1.165) is 16.2 Å². The zero-order valence-corrected chi connectivity index (χ0v) is 13.8. The van der Waals surface area contributed by atoms with Crippen LogP contribution in [0.15, 0.2) is 59.0 Å². The van der Waals surface area contributed by atoms with E-state index in [1.807, 2.05) is 51.1 Å². The molecule has 6 nitrogen and oxygen atoms in total. The maximum atomic E-state index is 9.88. The molecule has 120 valence electrons. The molecule has 0 amide bonds. The van der Waals surface area contributed by atoms with Crippen LogP contribution in [0.1, 0.15) is 31.9 Å². The van der Waals surface area contributed by atoms with Gasteiger partial charge in [-0.25, -0.2) is 25.0 Å². The molecule has 0 bridgehead atoms. The molecule has 0 unspecified atom stereocenters. The minimum atomic E-state index is -0.370. The minimum absolute atomic E-state index is 0.222. The van der Waals surface area contributed by atoms with Gasteiger partial charge in [0.25, 0.3) is 0 Å². The Labute approximate surface area is 136 Å². The van der Waals surface area contributed by atoms with Gasteiger partial charge in [-0.1, -0.05) is 30.3 Å². The maximum absolute atomic E-state index is 9.88. The number of nitrogens with zero attached hydrogens (tertiary/aromatic N) is 5. The highest BCUT2D eigenvalue weighted by molar-refractivity contribution is 6.16. The van der Waals surface area contributed by atoms with E-state index in [2.05, 4.69) is 20.0 Å². The lowest BCUT2D eigenvalue weighted by Crippen LogP contribution is -2.27. The summed E-state index contributed by atoms with van der Waals surface area (Å²) in [5.74, 6) is 0.222. The Kier molecular flexibility index (Phi) is 5.18. The first kappa shape index (κ1) is 16.8. The smallest absolute Gasteiger partial charge is 0.245 e. The van der Waals surface area contributed by atoms with Crippen LogP contribution in [0, 0.1) is 0 Å². The van der Waals surface area contributed by atoms with Crippen molar-refractivity contribution < 1.29 is 5.21 Å². The van der Waals surface area contributed by atoms with Crippen molar-refractivity contribution in [3.05, 3.63) is 60.2 Å². The molecule has 6 heteroatoms. The summed E-state index contributed by atoms with van der Waals surface area (Å²) < 4.78 is 0. The molecule has 2 rings (SSSR count). The number of benzene rings is 1. The topological polar surface area (TPSA) is 74.0 Å². The van der Waals surface area contributed by atoms with Gasteiger partial charge in [0, 0.05) is 30.6 Å². The zero-order chi connectivity index (χ0) is 16.9. The van der Waals surface area contributed by atoms with Crippen molar-refractivity contribution in [2.45, 2.75) is 26.3 Å². The van der Waals surface area contributed by atoms with Crippen LogP contribution in [0.4, 0.5) is 0 Å². The van der Waals surface area contributed by atoms with Crippen LogP contribution in [-0.2, 0) is 0 Å². The van der Waals surface area contributed by atoms with Gasteiger partial charge in [-0.05, 0) is 20.8 Å². The summed E-state index contributed by atoms with van der Waals surface area (Å²) in [6, 6.07) is 9.68. The molecule has 0 saturated carbocycles. The summed E-state index contributed by atoms with van der Waals surface area (Å²) in [6.07, 6.45) is 4.84. The second-order valence-electron chi connectivity index (χ2n) is 6.06. The second-order valence-corrected chi connectivity index (χ2v) is 6.06. The molecule has 1 N–H and O–H groups in total. The molecule has 1 aromatic carbocycles. The first-order valence-electron chi connectivity index (χ1n) is 7.29. The number of hydrogen-bond donors (Lipinski definition) is 1. The number of aromatic nitrogens is 2. The zero-order valence-electron chi connectivity index (χ0n) is 13.8. The van der Waals surface area contributed by atoms with E-state index in [-0.39, 0.29) is 11.5 Å². The number of hydroxylamine groups is 2. The van der Waals surface area contributed by atoms with Gasteiger partial charge in [0.1, 0.15) is 6.33 Å². The molecular weight excluding hydrogens is 290 g/mol. The Morgan fingerprint density at radius 2 is 1.65 bits per heavy atom. The average molecular weight is 311 g/mol. The molecule has 0 aliphatic rings. The van der Waals surface area contributed by atoms with Gasteiger partial charge in [0.2, 0.25) is 5.96 Å². The number of rotatable bonds is 2. The molecule has 0 aliphatic carbocycles. The van der Waals surface area contributed by atoms with Crippen molar-refractivity contribution in [1.82, 2.24) is 15.0 Å². The highest BCUT2D eigenvalue weighted by Gasteiger charge is 2.15. The SMILES string of the molecule is CN(O)C(=NC(C)(C)C)/N=C(\c1ccccc1)c1cncnc1. The third-order valence-electron chi connectivity index (χ3n) is 2.82. The quantitative estimate of drug-likeness (QED) is 0.526. The lowest BCUT2D eigenvalue weighted by atomic mass is 10.1. The van der Waals surface area contributed by atoms with E-state index in [1.54, 1.807) is 12.4 Å². The van der Waals surface area contributed by atoms with Gasteiger partial charge < -0.3 is 0 Å². The predicted octanol–water partition coefficient (Wildman–Crippen LogP) is 2.79. The first-order valence-corrected chi connectivity index (χ1v) is 7.29. The molecule has 1 aromatic heterocycles. The Hall–Kier alpha value is -2.60. The molecule has 0 fully saturated rings. The molecule has 2 aromatic rings. The summed E-state index contributed by atoms with van der Waals surface area (Å²) in [5, 5.41) is 10.8. The third kappa shape index (κ3) is 4.96. The predicted molar refractivity (Wildman–Crippen MR) is 90.9 cm³/mol. The largest absolute Gasteiger partial charge is 0.286 e. The lowest BCUT2D eigenvalue weighted by molar-refractivity contribution is 0.0112. The second kappa shape index (κ2) is 7.11. The summed E-state index contributed by atoms with van der Waals surface area (Å²) in [7, 11) is 1.50. The fourth-order valence-corrected chi connectivity index (χ4v) is 1.88. The maximum Gasteiger partial charge on any atom is 0.245 e. The van der Waals surface area contributed by atoms with Crippen molar-refractivity contribution >= 4 is 11.7 Å². The lowest BCUT2D eigenvalue weighted by Gasteiger charge is -2.18. The van der Waals surface area contributed by atoms with Crippen LogP contribution in [0.25, 0.3) is 0 Å². The van der Waals surface area contributed by atoms with Gasteiger partial charge in [-0.15, -0.1) is 0 Å². The summed E-state index contributed by atoms with van der Waals surface area (Å²) in [5.41, 5.74) is 1.92. The van der Waals surface area contributed by atoms with E-state index in [4.69, 9.17) is 0 Å². The van der Waals surface area contributed by atoms with Crippen LogP contribution in [0.2, 0.25) is 0 Å². The van der Waals surface area contributed by atoms with Gasteiger partial charge in [0.05, 0.1) is 11.3 Å². The fourth-order valence-electron chi connectivity index (χ4n) is 1.88. The highest BCUT2D eigenvalue weighted by atomic mass is 16.5. The molecule has 0 saturated heterocycles. The Bertz CT molecular complexity index is 646. The van der Waals surface area contributed by atoms with E-state index in [0.29, 0.717) is 5.71 Å². The summed E-state index contributed by atoms with van der Waals surface area (Å²) in [4.78, 5) is 17.1. The number of aliphatic imine (C=N–C) groups is 2. The van der Waals surface area contributed by atoms with Gasteiger partial charge in [-0.3, -0.25) is 5.21 Å². The average Bonchev–Trinajstić information content (AvgIpc) is 2.52. The summed E-state index contributed by atoms with van der Waals surface area (Å²) >= 11 is 0. The molecule has 23 heavy (non-hydrogen) atoms. The fraction of sp³-hybridized carbons (Fsp3) is 0.294. The van der Waals surface area contributed by atoms with Crippen LogP contribution in [-0.4, -0.2) is 44.5 Å². The Morgan fingerprint density at radius 1 is 1.04 bits per heavy atom. The number of hydrogen-bond acceptors (Lipinski definition) is 4. The number of guanidine groups is 1. The standard InChI is InChI=1S/C17H21N5O/c1-17(2,3)21-16(22(4)23)20-15(13-8-6-5-7-9-13)14-10-18-12-19-11-14/h5-12,23H,1-4H3/b20-15+,21-16?. The van der Waals surface area contributed by atoms with Crippen molar-refractivity contribution in [3.63, 3.8) is 0 Å². The molecule has 0 atom stereocenters. The van der Waals surface area contributed by atoms with Crippen LogP contribution >= 0.6 is 0 Å². The molecule has 0 radical (unpaired) electrons. The minimum Gasteiger partial charge on any atom is -0.286 e. The van der Waals surface area contributed by atoms with Gasteiger partial charge in [-0.2, -0.15) is 0 Å². The molecular formula is C17H21N5O. The third-order valence-corrected chi connectivity index (χ3v) is 2.82. The van der Waals surface area contributed by atoms with Crippen molar-refractivity contribution in [1.29, 1.82) is 0 Å². The monoisotopic (exact) mass is 311 g/mol. The molecule has 0 aliphatic heterocycles. The Morgan fingerprint density at radius 3 is 2.17 bits per heavy atom. The van der Waals surface area contributed by atoms with Crippen molar-refractivity contribution in [3.8, 4) is 0 Å². The van der Waals surface area contributed by atoms with Crippen LogP contribution in [0.5, 0.6) is 0 Å². The first-order chi connectivity index (χ1) is 10.9. The van der Waals surface area contributed by atoms with E-state index in [1.165, 1.54) is 13.4 Å². The summed E-state index contributed by atoms with van der Waals surface area (Å²) in [6.45, 7) is 5.83. The van der Waals surface area contributed by atoms with E-state index in [9.17, 15) is 5.21 Å². The van der Waals surface area contributed by atoms with Crippen LogP contribution in [0.3, 0.4) is 0 Å². The normalized spacial score (nSPS) is 13.1. The van der Waals surface area contributed by atoms with Gasteiger partial charge in [0.15, 0.2) is 0 Å². The van der Waals surface area contributed by atoms with Gasteiger partial charge >= 0.3 is 0 Å². The van der Waals surface area contributed by atoms with Crippen LogP contribution < -0.4 is 0 Å². The van der Waals surface area contributed by atoms with E-state index < -0.39 is 0 Å².